The van der Waals surface area contributed by atoms with E-state index in [1.807, 2.05) is 13.0 Å². The predicted octanol–water partition coefficient (Wildman–Crippen LogP) is 3.86. The summed E-state index contributed by atoms with van der Waals surface area (Å²) in [6.45, 7) is 2.45. The van der Waals surface area contributed by atoms with Crippen LogP contribution in [0.5, 0.6) is 0 Å². The molecule has 1 aromatic carbocycles. The highest BCUT2D eigenvalue weighted by atomic mass is 32.3. The number of rotatable bonds is 5. The van der Waals surface area contributed by atoms with Crippen LogP contribution in [0.1, 0.15) is 54.8 Å². The Labute approximate surface area is 160 Å². The lowest BCUT2D eigenvalue weighted by atomic mass is 10.0. The molecule has 27 heavy (non-hydrogen) atoms. The molecule has 7 nitrogen and oxygen atoms in total. The molecule has 1 saturated carbocycles. The fourth-order valence-electron chi connectivity index (χ4n) is 3.61. The Hall–Kier alpha value is -1.87. The number of amides is 1. The summed E-state index contributed by atoms with van der Waals surface area (Å²) in [6.07, 6.45) is 3.48. The first kappa shape index (κ1) is 18.5. The van der Waals surface area contributed by atoms with Crippen molar-refractivity contribution in [1.29, 1.82) is 0 Å². The van der Waals surface area contributed by atoms with Crippen LogP contribution in [-0.2, 0) is 0 Å². The summed E-state index contributed by atoms with van der Waals surface area (Å²) >= 11 is 0. The van der Waals surface area contributed by atoms with Crippen LogP contribution in [0.3, 0.4) is 0 Å². The highest BCUT2D eigenvalue weighted by molar-refractivity contribution is 8.22. The highest BCUT2D eigenvalue weighted by Gasteiger charge is 2.36. The predicted molar refractivity (Wildman–Crippen MR) is 103 cm³/mol. The highest BCUT2D eigenvalue weighted by Crippen LogP contribution is 2.53. The van der Waals surface area contributed by atoms with E-state index in [9.17, 15) is 13.9 Å². The van der Waals surface area contributed by atoms with Crippen LogP contribution in [0.2, 0.25) is 0 Å². The molecular weight excluding hydrogens is 366 g/mol. The number of carbonyl (C=O) groups excluding carboxylic acids is 1. The normalized spacial score (nSPS) is 24.6. The minimum absolute atomic E-state index is 0.0317. The summed E-state index contributed by atoms with van der Waals surface area (Å²) in [6, 6.07) is 10.5. The lowest BCUT2D eigenvalue weighted by Gasteiger charge is -2.49. The first-order chi connectivity index (χ1) is 12.9. The van der Waals surface area contributed by atoms with Gasteiger partial charge in [-0.25, -0.2) is 0 Å². The van der Waals surface area contributed by atoms with E-state index in [0.29, 0.717) is 35.9 Å². The second-order valence-corrected chi connectivity index (χ2v) is 9.38. The van der Waals surface area contributed by atoms with Crippen LogP contribution >= 0.6 is 10.8 Å². The number of nitrogens with zero attached hydrogens (tertiary/aromatic N) is 2. The standard InChI is InChI=1S/C19H25N3O4S/c1-13-11-15(20-19(23)17-12-18(26-21-17)14-7-8-14)9-10-22(13)27(24,25)16-5-3-2-4-6-16/h2-6,12-15,24-25H,7-11H2,1H3,(H,20,23)/t13-,15-/m0/s1. The molecule has 0 bridgehead atoms. The Morgan fingerprint density at radius 2 is 2.00 bits per heavy atom. The Bertz CT molecular complexity index is 806. The molecule has 0 unspecified atom stereocenters. The second kappa shape index (κ2) is 7.27. The SMILES string of the molecule is C[C@H]1C[C@@H](NC(=O)c2cc(C3CC3)on2)CCN1S(O)(O)c1ccccc1. The zero-order chi connectivity index (χ0) is 19.0. The van der Waals surface area contributed by atoms with E-state index >= 15 is 0 Å². The molecule has 0 spiro atoms. The van der Waals surface area contributed by atoms with E-state index < -0.39 is 10.8 Å². The summed E-state index contributed by atoms with van der Waals surface area (Å²) in [4.78, 5) is 13.0. The molecule has 2 atom stereocenters. The number of benzene rings is 1. The minimum Gasteiger partial charge on any atom is -0.360 e. The van der Waals surface area contributed by atoms with Gasteiger partial charge in [-0.2, -0.15) is 4.31 Å². The van der Waals surface area contributed by atoms with Crippen molar-refractivity contribution < 1.29 is 18.4 Å². The molecule has 1 aromatic heterocycles. The summed E-state index contributed by atoms with van der Waals surface area (Å²) in [5.74, 6) is 0.983. The zero-order valence-electron chi connectivity index (χ0n) is 15.2. The third-order valence-corrected chi connectivity index (χ3v) is 7.38. The average Bonchev–Trinajstić information content (AvgIpc) is 3.39. The molecule has 2 aromatic rings. The molecule has 146 valence electrons. The summed E-state index contributed by atoms with van der Waals surface area (Å²) in [5, 5.41) is 6.89. The Morgan fingerprint density at radius 3 is 2.67 bits per heavy atom. The van der Waals surface area contributed by atoms with Crippen molar-refractivity contribution in [2.75, 3.05) is 6.54 Å². The van der Waals surface area contributed by atoms with Gasteiger partial charge in [0.15, 0.2) is 5.69 Å². The third-order valence-electron chi connectivity index (χ3n) is 5.28. The maximum Gasteiger partial charge on any atom is 0.273 e. The number of carbonyl (C=O) groups is 1. The average molecular weight is 391 g/mol. The van der Waals surface area contributed by atoms with E-state index in [0.717, 1.165) is 18.6 Å². The van der Waals surface area contributed by atoms with Crippen molar-refractivity contribution in [2.45, 2.75) is 55.5 Å². The second-order valence-electron chi connectivity index (χ2n) is 7.41. The Morgan fingerprint density at radius 1 is 1.26 bits per heavy atom. The molecule has 1 aliphatic carbocycles. The van der Waals surface area contributed by atoms with Crippen molar-refractivity contribution in [1.82, 2.24) is 14.8 Å². The smallest absolute Gasteiger partial charge is 0.273 e. The van der Waals surface area contributed by atoms with Crippen molar-refractivity contribution in [3.8, 4) is 0 Å². The van der Waals surface area contributed by atoms with Crippen LogP contribution < -0.4 is 5.32 Å². The first-order valence-electron chi connectivity index (χ1n) is 9.32. The van der Waals surface area contributed by atoms with E-state index in [-0.39, 0.29) is 18.0 Å². The Balaban J connectivity index is 1.37. The van der Waals surface area contributed by atoms with Crippen LogP contribution in [-0.4, -0.2) is 43.1 Å². The first-order valence-corrected chi connectivity index (χ1v) is 10.8. The maximum absolute atomic E-state index is 12.4. The molecule has 0 radical (unpaired) electrons. The van der Waals surface area contributed by atoms with Gasteiger partial charge < -0.3 is 9.84 Å². The van der Waals surface area contributed by atoms with Gasteiger partial charge in [-0.05, 0) is 44.7 Å². The monoisotopic (exact) mass is 391 g/mol. The van der Waals surface area contributed by atoms with Gasteiger partial charge in [0, 0.05) is 30.6 Å². The number of piperidine rings is 1. The molecule has 3 N–H and O–H groups in total. The topological polar surface area (TPSA) is 98.8 Å². The van der Waals surface area contributed by atoms with E-state index in [2.05, 4.69) is 10.5 Å². The number of nitrogens with one attached hydrogen (secondary N) is 1. The number of hydrogen-bond donors (Lipinski definition) is 3. The van der Waals surface area contributed by atoms with Gasteiger partial charge in [0.25, 0.3) is 5.91 Å². The van der Waals surface area contributed by atoms with E-state index in [1.165, 1.54) is 0 Å². The molecule has 2 fully saturated rings. The third kappa shape index (κ3) is 3.89. The van der Waals surface area contributed by atoms with Gasteiger partial charge in [0.05, 0.1) is 4.90 Å². The molecular formula is C19H25N3O4S. The molecule has 1 aliphatic heterocycles. The van der Waals surface area contributed by atoms with E-state index in [4.69, 9.17) is 4.52 Å². The van der Waals surface area contributed by atoms with Crippen LogP contribution in [0, 0.1) is 0 Å². The van der Waals surface area contributed by atoms with Gasteiger partial charge in [0.1, 0.15) is 5.76 Å². The van der Waals surface area contributed by atoms with E-state index in [1.54, 1.807) is 34.6 Å². The summed E-state index contributed by atoms with van der Waals surface area (Å²) in [7, 11) is -3.02. The Kier molecular flexibility index (Phi) is 4.98. The largest absolute Gasteiger partial charge is 0.360 e. The molecule has 2 heterocycles. The molecule has 4 rings (SSSR count). The van der Waals surface area contributed by atoms with Crippen LogP contribution in [0.15, 0.2) is 45.8 Å². The fraction of sp³-hybridized carbons (Fsp3) is 0.474. The summed E-state index contributed by atoms with van der Waals surface area (Å²) < 4.78 is 28.5. The zero-order valence-corrected chi connectivity index (χ0v) is 16.1. The molecule has 1 amide bonds. The van der Waals surface area contributed by atoms with Crippen molar-refractivity contribution in [2.24, 2.45) is 0 Å². The quantitative estimate of drug-likeness (QED) is 0.716. The lowest BCUT2D eigenvalue weighted by molar-refractivity contribution is 0.0903. The van der Waals surface area contributed by atoms with Gasteiger partial charge >= 0.3 is 0 Å². The number of hydrogen-bond acceptors (Lipinski definition) is 6. The van der Waals surface area contributed by atoms with Crippen molar-refractivity contribution in [3.63, 3.8) is 0 Å². The van der Waals surface area contributed by atoms with Crippen molar-refractivity contribution >= 4 is 16.7 Å². The maximum atomic E-state index is 12.4. The van der Waals surface area contributed by atoms with Crippen molar-refractivity contribution in [3.05, 3.63) is 47.9 Å². The van der Waals surface area contributed by atoms with Gasteiger partial charge in [-0.15, -0.1) is 10.8 Å². The van der Waals surface area contributed by atoms with Gasteiger partial charge in [-0.3, -0.25) is 13.9 Å². The fourth-order valence-corrected chi connectivity index (χ4v) is 5.36. The summed E-state index contributed by atoms with van der Waals surface area (Å²) in [5.41, 5.74) is 0.320. The number of aromatic nitrogens is 1. The molecule has 1 saturated heterocycles. The minimum atomic E-state index is -3.02. The lowest BCUT2D eigenvalue weighted by Crippen LogP contribution is -2.49. The van der Waals surface area contributed by atoms with Gasteiger partial charge in [0.2, 0.25) is 0 Å². The molecule has 8 heteroatoms. The van der Waals surface area contributed by atoms with Gasteiger partial charge in [-0.1, -0.05) is 23.4 Å². The van der Waals surface area contributed by atoms with Crippen LogP contribution in [0.4, 0.5) is 0 Å². The molecule has 2 aliphatic rings. The van der Waals surface area contributed by atoms with Crippen LogP contribution in [0.25, 0.3) is 0 Å².